The maximum atomic E-state index is 11.4. The Morgan fingerprint density at radius 1 is 1.53 bits per heavy atom. The second-order valence-corrected chi connectivity index (χ2v) is 5.29. The molecule has 0 aliphatic rings. The minimum atomic E-state index is -0.413. The number of carbonyl (C=O) groups is 1. The molecule has 4 heteroatoms. The Balaban J connectivity index is 2.38. The first-order valence-corrected chi connectivity index (χ1v) is 5.76. The second kappa shape index (κ2) is 4.66. The van der Waals surface area contributed by atoms with Crippen LogP contribution in [0.15, 0.2) is 11.4 Å². The lowest BCUT2D eigenvalue weighted by molar-refractivity contribution is -0.152. The fourth-order valence-corrected chi connectivity index (χ4v) is 1.90. The van der Waals surface area contributed by atoms with Crippen molar-refractivity contribution < 1.29 is 9.53 Å². The lowest BCUT2D eigenvalue weighted by atomic mass is 10.2. The molecule has 0 aliphatic carbocycles. The first kappa shape index (κ1) is 12.0. The van der Waals surface area contributed by atoms with Crippen LogP contribution < -0.4 is 5.32 Å². The van der Waals surface area contributed by atoms with Crippen LogP contribution in [0.25, 0.3) is 0 Å². The van der Waals surface area contributed by atoms with Gasteiger partial charge < -0.3 is 10.1 Å². The van der Waals surface area contributed by atoms with Crippen molar-refractivity contribution in [2.75, 3.05) is 11.9 Å². The highest BCUT2D eigenvalue weighted by Crippen LogP contribution is 2.21. The van der Waals surface area contributed by atoms with Crippen molar-refractivity contribution in [2.45, 2.75) is 33.3 Å². The lowest BCUT2D eigenvalue weighted by Crippen LogP contribution is -2.28. The van der Waals surface area contributed by atoms with E-state index in [1.165, 1.54) is 0 Å². The average Bonchev–Trinajstić information content (AvgIpc) is 2.44. The van der Waals surface area contributed by atoms with Gasteiger partial charge in [-0.2, -0.15) is 0 Å². The highest BCUT2D eigenvalue weighted by molar-refractivity contribution is 7.14. The number of ether oxygens (including phenoxy) is 1. The monoisotopic (exact) mass is 227 g/mol. The molecular formula is C11H17NO2S. The molecule has 0 atom stereocenters. The molecule has 3 nitrogen and oxygen atoms in total. The minimum absolute atomic E-state index is 0.221. The van der Waals surface area contributed by atoms with Crippen molar-refractivity contribution in [1.82, 2.24) is 0 Å². The Morgan fingerprint density at radius 2 is 2.20 bits per heavy atom. The van der Waals surface area contributed by atoms with E-state index in [0.717, 1.165) is 10.6 Å². The number of anilines is 1. The van der Waals surface area contributed by atoms with E-state index in [0.29, 0.717) is 0 Å². The number of rotatable bonds is 3. The molecule has 0 spiro atoms. The van der Waals surface area contributed by atoms with Crippen LogP contribution >= 0.6 is 11.3 Å². The highest BCUT2D eigenvalue weighted by Gasteiger charge is 2.15. The molecule has 0 aromatic carbocycles. The van der Waals surface area contributed by atoms with E-state index >= 15 is 0 Å². The molecule has 15 heavy (non-hydrogen) atoms. The van der Waals surface area contributed by atoms with Gasteiger partial charge in [-0.15, -0.1) is 11.3 Å². The molecule has 0 aliphatic heterocycles. The fraction of sp³-hybridized carbons (Fsp3) is 0.545. The summed E-state index contributed by atoms with van der Waals surface area (Å²) in [5.74, 6) is -0.227. The number of thiophene rings is 1. The van der Waals surface area contributed by atoms with Gasteiger partial charge >= 0.3 is 5.97 Å². The number of aryl methyl sites for hydroxylation is 1. The van der Waals surface area contributed by atoms with Crippen molar-refractivity contribution in [1.29, 1.82) is 0 Å². The summed E-state index contributed by atoms with van der Waals surface area (Å²) in [6.45, 7) is 7.82. The van der Waals surface area contributed by atoms with Gasteiger partial charge in [0, 0.05) is 0 Å². The zero-order valence-electron chi connectivity index (χ0n) is 9.59. The zero-order chi connectivity index (χ0) is 11.5. The van der Waals surface area contributed by atoms with Crippen LogP contribution in [0, 0.1) is 6.92 Å². The molecule has 0 saturated carbocycles. The van der Waals surface area contributed by atoms with Crippen molar-refractivity contribution in [2.24, 2.45) is 0 Å². The van der Waals surface area contributed by atoms with Crippen LogP contribution in [-0.2, 0) is 9.53 Å². The van der Waals surface area contributed by atoms with Crippen LogP contribution in [0.4, 0.5) is 5.00 Å². The van der Waals surface area contributed by atoms with Gasteiger partial charge in [-0.25, -0.2) is 0 Å². The smallest absolute Gasteiger partial charge is 0.325 e. The van der Waals surface area contributed by atoms with E-state index in [9.17, 15) is 4.79 Å². The summed E-state index contributed by atoms with van der Waals surface area (Å²) in [6, 6.07) is 2.02. The van der Waals surface area contributed by atoms with E-state index in [1.807, 2.05) is 39.1 Å². The summed E-state index contributed by atoms with van der Waals surface area (Å²) in [5.41, 5.74) is 0.743. The van der Waals surface area contributed by atoms with Crippen LogP contribution in [0.2, 0.25) is 0 Å². The highest BCUT2D eigenvalue weighted by atomic mass is 32.1. The number of hydrogen-bond acceptors (Lipinski definition) is 4. The maximum absolute atomic E-state index is 11.4. The van der Waals surface area contributed by atoms with Crippen molar-refractivity contribution in [3.8, 4) is 0 Å². The maximum Gasteiger partial charge on any atom is 0.325 e. The summed E-state index contributed by atoms with van der Waals surface area (Å²) in [5, 5.41) is 6.08. The summed E-state index contributed by atoms with van der Waals surface area (Å²) in [6.07, 6.45) is 0. The minimum Gasteiger partial charge on any atom is -0.459 e. The summed E-state index contributed by atoms with van der Waals surface area (Å²) in [7, 11) is 0. The largest absolute Gasteiger partial charge is 0.459 e. The molecule has 0 radical (unpaired) electrons. The predicted molar refractivity (Wildman–Crippen MR) is 63.4 cm³/mol. The third kappa shape index (κ3) is 4.34. The first-order valence-electron chi connectivity index (χ1n) is 4.88. The number of hydrogen-bond donors (Lipinski definition) is 1. The summed E-state index contributed by atoms with van der Waals surface area (Å²) >= 11 is 1.59. The van der Waals surface area contributed by atoms with Gasteiger partial charge in [-0.05, 0) is 44.7 Å². The van der Waals surface area contributed by atoms with Crippen LogP contribution in [0.3, 0.4) is 0 Å². The molecule has 0 bridgehead atoms. The molecule has 1 heterocycles. The topological polar surface area (TPSA) is 38.3 Å². The summed E-state index contributed by atoms with van der Waals surface area (Å²) < 4.78 is 5.18. The molecule has 0 amide bonds. The Kier molecular flexibility index (Phi) is 3.74. The zero-order valence-corrected chi connectivity index (χ0v) is 10.4. The normalized spacial score (nSPS) is 11.2. The Labute approximate surface area is 94.5 Å². The van der Waals surface area contributed by atoms with E-state index in [-0.39, 0.29) is 12.5 Å². The molecule has 0 fully saturated rings. The number of nitrogens with one attached hydrogen (secondary N) is 1. The van der Waals surface area contributed by atoms with Gasteiger partial charge in [0.15, 0.2) is 0 Å². The molecule has 84 valence electrons. The molecule has 1 N–H and O–H groups in total. The first-order chi connectivity index (χ1) is 6.88. The van der Waals surface area contributed by atoms with Crippen LogP contribution in [0.1, 0.15) is 26.3 Å². The molecule has 0 saturated heterocycles. The third-order valence-electron chi connectivity index (χ3n) is 1.68. The Hall–Kier alpha value is -1.03. The van der Waals surface area contributed by atoms with Gasteiger partial charge in [0.1, 0.15) is 12.1 Å². The molecule has 1 rings (SSSR count). The molecule has 1 aromatic rings. The van der Waals surface area contributed by atoms with Crippen molar-refractivity contribution in [3.05, 3.63) is 17.0 Å². The second-order valence-electron chi connectivity index (χ2n) is 4.37. The van der Waals surface area contributed by atoms with E-state index in [4.69, 9.17) is 4.74 Å². The van der Waals surface area contributed by atoms with E-state index in [1.54, 1.807) is 11.3 Å². The van der Waals surface area contributed by atoms with Gasteiger partial charge in [-0.3, -0.25) is 4.79 Å². The molecule has 0 unspecified atom stereocenters. The van der Waals surface area contributed by atoms with Crippen LogP contribution in [-0.4, -0.2) is 18.1 Å². The predicted octanol–water partition coefficient (Wildman–Crippen LogP) is 2.81. The van der Waals surface area contributed by atoms with E-state index < -0.39 is 5.60 Å². The number of carbonyl (C=O) groups excluding carboxylic acids is 1. The van der Waals surface area contributed by atoms with E-state index in [2.05, 4.69) is 5.32 Å². The van der Waals surface area contributed by atoms with Gasteiger partial charge in [0.25, 0.3) is 0 Å². The summed E-state index contributed by atoms with van der Waals surface area (Å²) in [4.78, 5) is 11.4. The lowest BCUT2D eigenvalue weighted by Gasteiger charge is -2.19. The van der Waals surface area contributed by atoms with Crippen LogP contribution in [0.5, 0.6) is 0 Å². The van der Waals surface area contributed by atoms with Gasteiger partial charge in [-0.1, -0.05) is 0 Å². The Morgan fingerprint density at radius 3 is 2.67 bits per heavy atom. The van der Waals surface area contributed by atoms with Gasteiger partial charge in [0.05, 0.1) is 5.00 Å². The standard InChI is InChI=1S/C11H17NO2S/c1-8-5-6-15-10(8)12-7-9(13)14-11(2,3)4/h5-6,12H,7H2,1-4H3. The Bertz CT molecular complexity index is 339. The average molecular weight is 227 g/mol. The van der Waals surface area contributed by atoms with Crippen molar-refractivity contribution in [3.63, 3.8) is 0 Å². The van der Waals surface area contributed by atoms with Gasteiger partial charge in [0.2, 0.25) is 0 Å². The SMILES string of the molecule is Cc1ccsc1NCC(=O)OC(C)(C)C. The van der Waals surface area contributed by atoms with Crippen molar-refractivity contribution >= 4 is 22.3 Å². The fourth-order valence-electron chi connectivity index (χ4n) is 1.08. The number of esters is 1. The third-order valence-corrected chi connectivity index (χ3v) is 2.65. The quantitative estimate of drug-likeness (QED) is 0.807. The molecular weight excluding hydrogens is 210 g/mol. The molecule has 1 aromatic heterocycles.